The van der Waals surface area contributed by atoms with Crippen LogP contribution in [-0.4, -0.2) is 29.1 Å². The van der Waals surface area contributed by atoms with Crippen molar-refractivity contribution in [2.45, 2.75) is 11.8 Å². The number of aryl methyl sites for hydroxylation is 2. The molecule has 0 bridgehead atoms. The summed E-state index contributed by atoms with van der Waals surface area (Å²) in [6.07, 6.45) is 0. The molecule has 2 aromatic carbocycles. The average Bonchev–Trinajstić information content (AvgIpc) is 3.02. The Kier molecular flexibility index (Phi) is 5.26. The number of rotatable bonds is 5. The molecule has 164 valence electrons. The van der Waals surface area contributed by atoms with E-state index in [0.717, 1.165) is 24.3 Å². The normalized spacial score (nSPS) is 11.5. The number of pyridine rings is 1. The summed E-state index contributed by atoms with van der Waals surface area (Å²) in [5.74, 6) is -1.04. The molecule has 0 atom stereocenters. The molecule has 11 heteroatoms. The smallest absolute Gasteiger partial charge is 0.274 e. The van der Waals surface area contributed by atoms with E-state index in [1.54, 1.807) is 14.0 Å². The molecular weight excluding hydrogens is 437 g/mol. The zero-order valence-corrected chi connectivity index (χ0v) is 17.8. The highest BCUT2D eigenvalue weighted by molar-refractivity contribution is 7.92. The number of amides is 1. The fraction of sp³-hybridized carbons (Fsp3) is 0.0952. The number of halogens is 1. The predicted molar refractivity (Wildman–Crippen MR) is 118 cm³/mol. The second kappa shape index (κ2) is 7.93. The second-order valence-electron chi connectivity index (χ2n) is 7.10. The quantitative estimate of drug-likeness (QED) is 0.427. The first-order valence-corrected chi connectivity index (χ1v) is 10.9. The van der Waals surface area contributed by atoms with Gasteiger partial charge in [-0.1, -0.05) is 0 Å². The molecule has 1 amide bonds. The summed E-state index contributed by atoms with van der Waals surface area (Å²) >= 11 is 0. The number of sulfonamides is 1. The first-order valence-electron chi connectivity index (χ1n) is 9.40. The van der Waals surface area contributed by atoms with E-state index in [-0.39, 0.29) is 21.5 Å². The number of nitrogens with one attached hydrogen (secondary N) is 3. The SMILES string of the molecule is Cc1cc(C(=O)Nc2ccc(NS(=O)(=O)c3ccc(F)cc3)cc2)c2c(=O)[nH]n(C)c2n1. The van der Waals surface area contributed by atoms with Crippen LogP contribution in [0.5, 0.6) is 0 Å². The molecule has 0 radical (unpaired) electrons. The third kappa shape index (κ3) is 4.10. The maximum atomic E-state index is 13.0. The van der Waals surface area contributed by atoms with E-state index in [1.165, 1.54) is 35.0 Å². The molecule has 9 nitrogen and oxygen atoms in total. The van der Waals surface area contributed by atoms with Crippen LogP contribution < -0.4 is 15.6 Å². The monoisotopic (exact) mass is 455 g/mol. The van der Waals surface area contributed by atoms with Crippen molar-refractivity contribution in [1.82, 2.24) is 14.8 Å². The molecule has 0 aliphatic carbocycles. The highest BCUT2D eigenvalue weighted by atomic mass is 32.2. The predicted octanol–water partition coefficient (Wildman–Crippen LogP) is 2.76. The number of benzene rings is 2. The number of aromatic nitrogens is 3. The maximum Gasteiger partial charge on any atom is 0.274 e. The summed E-state index contributed by atoms with van der Waals surface area (Å²) in [5.41, 5.74) is 1.35. The van der Waals surface area contributed by atoms with E-state index in [1.807, 2.05) is 0 Å². The molecule has 0 unspecified atom stereocenters. The van der Waals surface area contributed by atoms with Gasteiger partial charge in [0, 0.05) is 24.1 Å². The number of hydrogen-bond acceptors (Lipinski definition) is 5. The van der Waals surface area contributed by atoms with Crippen LogP contribution in [-0.2, 0) is 17.1 Å². The van der Waals surface area contributed by atoms with E-state index in [2.05, 4.69) is 20.1 Å². The lowest BCUT2D eigenvalue weighted by molar-refractivity contribution is 0.102. The van der Waals surface area contributed by atoms with Crippen molar-refractivity contribution in [2.75, 3.05) is 10.0 Å². The lowest BCUT2D eigenvalue weighted by Crippen LogP contribution is -2.16. The Bertz CT molecular complexity index is 1490. The van der Waals surface area contributed by atoms with Crippen LogP contribution in [0.15, 0.2) is 64.3 Å². The lowest BCUT2D eigenvalue weighted by atomic mass is 10.1. The van der Waals surface area contributed by atoms with Gasteiger partial charge in [0.15, 0.2) is 5.65 Å². The summed E-state index contributed by atoms with van der Waals surface area (Å²) < 4.78 is 41.7. The Morgan fingerprint density at radius 1 is 1.06 bits per heavy atom. The molecule has 2 aromatic heterocycles. The van der Waals surface area contributed by atoms with Crippen LogP contribution in [0.3, 0.4) is 0 Å². The van der Waals surface area contributed by atoms with Gasteiger partial charge in [-0.25, -0.2) is 17.8 Å². The summed E-state index contributed by atoms with van der Waals surface area (Å²) in [6, 6.07) is 11.9. The molecule has 2 heterocycles. The molecule has 0 aliphatic rings. The van der Waals surface area contributed by atoms with Crippen molar-refractivity contribution in [2.24, 2.45) is 7.05 Å². The number of fused-ring (bicyclic) bond motifs is 1. The van der Waals surface area contributed by atoms with Gasteiger partial charge >= 0.3 is 0 Å². The van der Waals surface area contributed by atoms with E-state index >= 15 is 0 Å². The van der Waals surface area contributed by atoms with Gasteiger partial charge in [-0.2, -0.15) is 0 Å². The Labute approximate surface area is 181 Å². The summed E-state index contributed by atoms with van der Waals surface area (Å²) in [6.45, 7) is 1.72. The highest BCUT2D eigenvalue weighted by Gasteiger charge is 2.18. The molecule has 3 N–H and O–H groups in total. The van der Waals surface area contributed by atoms with Crippen LogP contribution in [0, 0.1) is 12.7 Å². The molecule has 0 spiro atoms. The Morgan fingerprint density at radius 3 is 2.34 bits per heavy atom. The third-order valence-electron chi connectivity index (χ3n) is 4.71. The van der Waals surface area contributed by atoms with Gasteiger partial charge in [-0.05, 0) is 61.5 Å². The van der Waals surface area contributed by atoms with Crippen molar-refractivity contribution in [3.05, 3.63) is 82.0 Å². The van der Waals surface area contributed by atoms with Gasteiger partial charge in [0.1, 0.15) is 5.82 Å². The highest BCUT2D eigenvalue weighted by Crippen LogP contribution is 2.20. The Hall–Kier alpha value is -3.99. The summed E-state index contributed by atoms with van der Waals surface area (Å²) in [7, 11) is -2.26. The van der Waals surface area contributed by atoms with Gasteiger partial charge in [-0.15, -0.1) is 0 Å². The average molecular weight is 455 g/mol. The van der Waals surface area contributed by atoms with Crippen LogP contribution in [0.1, 0.15) is 16.1 Å². The zero-order chi connectivity index (χ0) is 23.0. The van der Waals surface area contributed by atoms with Crippen molar-refractivity contribution in [3.8, 4) is 0 Å². The number of aromatic amines is 1. The maximum absolute atomic E-state index is 13.0. The number of carbonyl (C=O) groups is 1. The zero-order valence-electron chi connectivity index (χ0n) is 17.0. The van der Waals surface area contributed by atoms with Gasteiger partial charge < -0.3 is 5.32 Å². The first-order chi connectivity index (χ1) is 15.1. The van der Waals surface area contributed by atoms with Gasteiger partial charge in [0.05, 0.1) is 15.8 Å². The van der Waals surface area contributed by atoms with E-state index < -0.39 is 27.3 Å². The molecular formula is C21H18FN5O4S. The van der Waals surface area contributed by atoms with Crippen molar-refractivity contribution < 1.29 is 17.6 Å². The first kappa shape index (κ1) is 21.2. The number of H-pyrrole nitrogens is 1. The van der Waals surface area contributed by atoms with Crippen LogP contribution in [0.2, 0.25) is 0 Å². The van der Waals surface area contributed by atoms with Crippen molar-refractivity contribution >= 4 is 38.3 Å². The molecule has 0 saturated heterocycles. The number of nitrogens with zero attached hydrogens (tertiary/aromatic N) is 2. The molecule has 0 saturated carbocycles. The molecule has 0 fully saturated rings. The minimum atomic E-state index is -3.89. The van der Waals surface area contributed by atoms with E-state index in [0.29, 0.717) is 17.0 Å². The number of carbonyl (C=O) groups excluding carboxylic acids is 1. The van der Waals surface area contributed by atoms with E-state index in [9.17, 15) is 22.4 Å². The largest absolute Gasteiger partial charge is 0.322 e. The molecule has 4 rings (SSSR count). The number of anilines is 2. The Balaban J connectivity index is 1.55. The Morgan fingerprint density at radius 2 is 1.69 bits per heavy atom. The fourth-order valence-corrected chi connectivity index (χ4v) is 4.27. The minimum Gasteiger partial charge on any atom is -0.322 e. The molecule has 0 aliphatic heterocycles. The lowest BCUT2D eigenvalue weighted by Gasteiger charge is -2.10. The fourth-order valence-electron chi connectivity index (χ4n) is 3.21. The van der Waals surface area contributed by atoms with Gasteiger partial charge in [0.25, 0.3) is 21.5 Å². The summed E-state index contributed by atoms with van der Waals surface area (Å²) in [5, 5.41) is 5.45. The minimum absolute atomic E-state index is 0.0820. The van der Waals surface area contributed by atoms with Crippen LogP contribution in [0.4, 0.5) is 15.8 Å². The standard InChI is InChI=1S/C21H18FN5O4S/c1-12-11-17(18-19(23-12)27(2)25-21(18)29)20(28)24-14-5-7-15(8-6-14)26-32(30,31)16-9-3-13(22)4-10-16/h3-11,26H,1-2H3,(H,24,28)(H,25,29). The third-order valence-corrected chi connectivity index (χ3v) is 6.10. The van der Waals surface area contributed by atoms with Crippen molar-refractivity contribution in [3.63, 3.8) is 0 Å². The van der Waals surface area contributed by atoms with E-state index in [4.69, 9.17) is 0 Å². The molecule has 4 aromatic rings. The summed E-state index contributed by atoms with van der Waals surface area (Å²) in [4.78, 5) is 29.2. The van der Waals surface area contributed by atoms with Crippen LogP contribution in [0.25, 0.3) is 11.0 Å². The topological polar surface area (TPSA) is 126 Å². The molecule has 32 heavy (non-hydrogen) atoms. The van der Waals surface area contributed by atoms with Crippen LogP contribution >= 0.6 is 0 Å². The van der Waals surface area contributed by atoms with Gasteiger partial charge in [0.2, 0.25) is 0 Å². The second-order valence-corrected chi connectivity index (χ2v) is 8.78. The number of hydrogen-bond donors (Lipinski definition) is 3. The van der Waals surface area contributed by atoms with Gasteiger partial charge in [-0.3, -0.25) is 24.1 Å². The van der Waals surface area contributed by atoms with Crippen molar-refractivity contribution in [1.29, 1.82) is 0 Å².